The predicted molar refractivity (Wildman–Crippen MR) is 56.6 cm³/mol. The molecule has 0 unspecified atom stereocenters. The molecule has 0 aromatic heterocycles. The molecule has 0 radical (unpaired) electrons. The first kappa shape index (κ1) is 11.0. The molecule has 0 saturated heterocycles. The number of benzene rings is 1. The van der Waals surface area contributed by atoms with Crippen LogP contribution in [0.4, 0.5) is 0 Å². The van der Waals surface area contributed by atoms with Crippen molar-refractivity contribution in [3.8, 4) is 0 Å². The summed E-state index contributed by atoms with van der Waals surface area (Å²) in [7, 11) is 1.57. The molecule has 1 rings (SSSR count). The molecule has 1 aromatic rings. The van der Waals surface area contributed by atoms with E-state index in [1.807, 2.05) is 6.92 Å². The molecule has 72 valence electrons. The van der Waals surface area contributed by atoms with Crippen molar-refractivity contribution in [1.29, 1.82) is 0 Å². The smallest absolute Gasteiger partial charge is 0.207 e. The second-order valence-corrected chi connectivity index (χ2v) is 5.94. The van der Waals surface area contributed by atoms with Crippen molar-refractivity contribution in [2.45, 2.75) is 18.2 Å². The Morgan fingerprint density at radius 1 is 1.46 bits per heavy atom. The Morgan fingerprint density at radius 3 is 2.46 bits per heavy atom. The predicted octanol–water partition coefficient (Wildman–Crippen LogP) is 2.94. The molecule has 1 aromatic carbocycles. The Morgan fingerprint density at radius 2 is 2.08 bits per heavy atom. The number of hydrogen-bond acceptors (Lipinski definition) is 2. The van der Waals surface area contributed by atoms with E-state index in [1.165, 1.54) is 6.07 Å². The van der Waals surface area contributed by atoms with Gasteiger partial charge < -0.3 is 0 Å². The summed E-state index contributed by atoms with van der Waals surface area (Å²) in [5.41, 5.74) is 1.07. The van der Waals surface area contributed by atoms with E-state index in [-0.39, 0.29) is 4.90 Å². The third kappa shape index (κ3) is 2.69. The van der Waals surface area contributed by atoms with E-state index in [0.717, 1.165) is 12.0 Å². The van der Waals surface area contributed by atoms with Crippen molar-refractivity contribution in [2.75, 3.05) is 0 Å². The molecule has 0 heterocycles. The molecule has 13 heavy (non-hydrogen) atoms. The van der Waals surface area contributed by atoms with E-state index in [0.29, 0.717) is 4.47 Å². The quantitative estimate of drug-likeness (QED) is 0.782. The average molecular weight is 284 g/mol. The Bertz CT molecular complexity index is 414. The zero-order valence-corrected chi connectivity index (χ0v) is 10.1. The van der Waals surface area contributed by atoms with Crippen LogP contribution in [0, 0.1) is 0 Å². The summed E-state index contributed by atoms with van der Waals surface area (Å²) in [4.78, 5) is 0.117. The zero-order valence-electron chi connectivity index (χ0n) is 6.92. The van der Waals surface area contributed by atoms with Gasteiger partial charge in [-0.1, -0.05) is 13.0 Å². The van der Waals surface area contributed by atoms with E-state index in [2.05, 4.69) is 15.9 Å². The normalized spacial score (nSPS) is 11.6. The van der Waals surface area contributed by atoms with Gasteiger partial charge in [-0.3, -0.25) is 0 Å². The van der Waals surface area contributed by atoms with Gasteiger partial charge in [0.1, 0.15) is 0 Å². The Kier molecular flexibility index (Phi) is 3.38. The Labute approximate surface area is 90.5 Å². The van der Waals surface area contributed by atoms with E-state index < -0.39 is 9.05 Å². The molecule has 0 aliphatic rings. The summed E-state index contributed by atoms with van der Waals surface area (Å²) in [5, 5.41) is 0. The lowest BCUT2D eigenvalue weighted by Crippen LogP contribution is -1.93. The van der Waals surface area contributed by atoms with Crippen molar-refractivity contribution in [3.63, 3.8) is 0 Å². The molecule has 5 heteroatoms. The minimum absolute atomic E-state index is 0.117. The topological polar surface area (TPSA) is 34.1 Å². The standard InChI is InChI=1S/C8H8BrClO2S/c1-2-6-3-4-8(7(9)5-6)13(10,11)12/h3-5H,2H2,1H3. The van der Waals surface area contributed by atoms with Gasteiger partial charge in [0.05, 0.1) is 4.90 Å². The van der Waals surface area contributed by atoms with Crippen LogP contribution in [0.25, 0.3) is 0 Å². The summed E-state index contributed by atoms with van der Waals surface area (Å²) in [5.74, 6) is 0. The van der Waals surface area contributed by atoms with Crippen LogP contribution in [0.5, 0.6) is 0 Å². The lowest BCUT2D eigenvalue weighted by molar-refractivity contribution is 0.609. The summed E-state index contributed by atoms with van der Waals surface area (Å²) >= 11 is 3.16. The van der Waals surface area contributed by atoms with E-state index in [4.69, 9.17) is 10.7 Å². The molecule has 0 aliphatic carbocycles. The van der Waals surface area contributed by atoms with Crippen molar-refractivity contribution >= 4 is 35.7 Å². The van der Waals surface area contributed by atoms with Gasteiger partial charge in [0, 0.05) is 15.2 Å². The third-order valence-electron chi connectivity index (χ3n) is 1.67. The van der Waals surface area contributed by atoms with Crippen molar-refractivity contribution in [1.82, 2.24) is 0 Å². The molecule has 0 aliphatic heterocycles. The van der Waals surface area contributed by atoms with Gasteiger partial charge in [-0.05, 0) is 40.0 Å². The van der Waals surface area contributed by atoms with Crippen LogP contribution >= 0.6 is 26.6 Å². The van der Waals surface area contributed by atoms with Gasteiger partial charge in [-0.25, -0.2) is 8.42 Å². The second-order valence-electron chi connectivity index (χ2n) is 2.56. The molecule has 0 atom stereocenters. The first-order chi connectivity index (χ1) is 5.95. The Hall–Kier alpha value is -0.0600. The molecule has 0 saturated carbocycles. The lowest BCUT2D eigenvalue weighted by atomic mass is 10.2. The molecule has 0 amide bonds. The van der Waals surface area contributed by atoms with Gasteiger partial charge in [0.2, 0.25) is 0 Å². The van der Waals surface area contributed by atoms with Gasteiger partial charge in [-0.2, -0.15) is 0 Å². The highest BCUT2D eigenvalue weighted by atomic mass is 79.9. The summed E-state index contributed by atoms with van der Waals surface area (Å²) in [6.07, 6.45) is 0.862. The van der Waals surface area contributed by atoms with E-state index >= 15 is 0 Å². The van der Waals surface area contributed by atoms with Crippen LogP contribution in [-0.4, -0.2) is 8.42 Å². The monoisotopic (exact) mass is 282 g/mol. The van der Waals surface area contributed by atoms with Crippen LogP contribution in [0.2, 0.25) is 0 Å². The molecular formula is C8H8BrClO2S. The zero-order chi connectivity index (χ0) is 10.1. The van der Waals surface area contributed by atoms with Crippen LogP contribution in [-0.2, 0) is 15.5 Å². The number of hydrogen-bond donors (Lipinski definition) is 0. The van der Waals surface area contributed by atoms with Crippen molar-refractivity contribution < 1.29 is 8.42 Å². The fraction of sp³-hybridized carbons (Fsp3) is 0.250. The molecule has 0 bridgehead atoms. The van der Waals surface area contributed by atoms with E-state index in [9.17, 15) is 8.42 Å². The molecule has 2 nitrogen and oxygen atoms in total. The highest BCUT2D eigenvalue weighted by Gasteiger charge is 2.13. The minimum atomic E-state index is -3.63. The van der Waals surface area contributed by atoms with Gasteiger partial charge in [0.25, 0.3) is 9.05 Å². The molecule has 0 spiro atoms. The summed E-state index contributed by atoms with van der Waals surface area (Å²) in [6, 6.07) is 5.01. The maximum absolute atomic E-state index is 11.0. The first-order valence-electron chi connectivity index (χ1n) is 3.68. The molecular weight excluding hydrogens is 276 g/mol. The second kappa shape index (κ2) is 3.98. The maximum Gasteiger partial charge on any atom is 0.262 e. The number of rotatable bonds is 2. The van der Waals surface area contributed by atoms with Crippen LogP contribution < -0.4 is 0 Å². The summed E-state index contributed by atoms with van der Waals surface area (Å²) < 4.78 is 22.5. The fourth-order valence-corrected chi connectivity index (χ4v) is 3.23. The van der Waals surface area contributed by atoms with Crippen molar-refractivity contribution in [3.05, 3.63) is 28.2 Å². The lowest BCUT2D eigenvalue weighted by Gasteiger charge is -2.02. The van der Waals surface area contributed by atoms with Crippen LogP contribution in [0.3, 0.4) is 0 Å². The fourth-order valence-electron chi connectivity index (χ4n) is 0.962. The highest BCUT2D eigenvalue weighted by Crippen LogP contribution is 2.26. The van der Waals surface area contributed by atoms with Crippen molar-refractivity contribution in [2.24, 2.45) is 0 Å². The van der Waals surface area contributed by atoms with Crippen LogP contribution in [0.1, 0.15) is 12.5 Å². The SMILES string of the molecule is CCc1ccc(S(=O)(=O)Cl)c(Br)c1. The number of aryl methyl sites for hydroxylation is 1. The third-order valence-corrected chi connectivity index (χ3v) is 3.97. The molecule has 0 N–H and O–H groups in total. The maximum atomic E-state index is 11.0. The van der Waals surface area contributed by atoms with Gasteiger partial charge in [-0.15, -0.1) is 0 Å². The summed E-state index contributed by atoms with van der Waals surface area (Å²) in [6.45, 7) is 2.00. The van der Waals surface area contributed by atoms with Gasteiger partial charge >= 0.3 is 0 Å². The Balaban J connectivity index is 3.29. The van der Waals surface area contributed by atoms with Gasteiger partial charge in [0.15, 0.2) is 0 Å². The number of halogens is 2. The first-order valence-corrected chi connectivity index (χ1v) is 6.78. The largest absolute Gasteiger partial charge is 0.262 e. The minimum Gasteiger partial charge on any atom is -0.207 e. The van der Waals surface area contributed by atoms with Crippen LogP contribution in [0.15, 0.2) is 27.6 Å². The molecule has 0 fully saturated rings. The van der Waals surface area contributed by atoms with E-state index in [1.54, 1.807) is 12.1 Å². The average Bonchev–Trinajstić information content (AvgIpc) is 2.01. The highest BCUT2D eigenvalue weighted by molar-refractivity contribution is 9.10.